The minimum Gasteiger partial charge on any atom is -0.352 e. The first-order valence-corrected chi connectivity index (χ1v) is 11.0. The molecular weight excluding hydrogens is 430 g/mol. The Morgan fingerprint density at radius 1 is 1.07 bits per heavy atom. The van der Waals surface area contributed by atoms with Crippen molar-refractivity contribution in [3.05, 3.63) is 64.1 Å². The minimum absolute atomic E-state index is 0.167. The number of amides is 2. The van der Waals surface area contributed by atoms with Crippen molar-refractivity contribution in [1.29, 1.82) is 0 Å². The van der Waals surface area contributed by atoms with E-state index in [0.29, 0.717) is 27.8 Å². The summed E-state index contributed by atoms with van der Waals surface area (Å²) in [5.74, 6) is 0.343. The maximum atomic E-state index is 12.7. The fraction of sp³-hybridized carbons (Fsp3) is 0.391. The highest BCUT2D eigenvalue weighted by Crippen LogP contribution is 2.20. The van der Waals surface area contributed by atoms with Crippen molar-refractivity contribution in [3.8, 4) is 0 Å². The van der Waals surface area contributed by atoms with Crippen LogP contribution in [0.3, 0.4) is 0 Å². The zero-order valence-corrected chi connectivity index (χ0v) is 18.4. The quantitative estimate of drug-likeness (QED) is 0.599. The van der Waals surface area contributed by atoms with Crippen LogP contribution >= 0.6 is 15.9 Å². The molecular formula is C23H28BrN3O2. The molecule has 0 radical (unpaired) electrons. The molecule has 2 aromatic rings. The van der Waals surface area contributed by atoms with Crippen LogP contribution in [-0.4, -0.2) is 42.9 Å². The van der Waals surface area contributed by atoms with Crippen LogP contribution < -0.4 is 10.6 Å². The van der Waals surface area contributed by atoms with Gasteiger partial charge in [-0.2, -0.15) is 0 Å². The molecule has 1 saturated heterocycles. The predicted molar refractivity (Wildman–Crippen MR) is 120 cm³/mol. The molecule has 2 N–H and O–H groups in total. The zero-order chi connectivity index (χ0) is 20.6. The van der Waals surface area contributed by atoms with E-state index >= 15 is 0 Å². The molecule has 0 bridgehead atoms. The summed E-state index contributed by atoms with van der Waals surface area (Å²) in [5, 5.41) is 5.85. The fourth-order valence-electron chi connectivity index (χ4n) is 3.71. The number of piperidine rings is 1. The summed E-state index contributed by atoms with van der Waals surface area (Å²) in [6, 6.07) is 14.3. The Balaban J connectivity index is 1.54. The summed E-state index contributed by atoms with van der Waals surface area (Å²) in [6.07, 6.45) is 3.50. The molecule has 0 aromatic heterocycles. The van der Waals surface area contributed by atoms with Gasteiger partial charge < -0.3 is 15.5 Å². The van der Waals surface area contributed by atoms with Crippen molar-refractivity contribution < 1.29 is 9.59 Å². The largest absolute Gasteiger partial charge is 0.352 e. The third kappa shape index (κ3) is 6.15. The van der Waals surface area contributed by atoms with Crippen molar-refractivity contribution in [2.45, 2.75) is 26.2 Å². The zero-order valence-electron chi connectivity index (χ0n) is 16.8. The van der Waals surface area contributed by atoms with Gasteiger partial charge in [-0.3, -0.25) is 9.59 Å². The normalized spacial score (nSPS) is 17.0. The number of hydrogen-bond acceptors (Lipinski definition) is 3. The summed E-state index contributed by atoms with van der Waals surface area (Å²) in [6.45, 7) is 6.23. The van der Waals surface area contributed by atoms with Crippen molar-refractivity contribution in [3.63, 3.8) is 0 Å². The molecule has 154 valence electrons. The average Bonchev–Trinajstić information content (AvgIpc) is 2.72. The van der Waals surface area contributed by atoms with E-state index in [4.69, 9.17) is 0 Å². The summed E-state index contributed by atoms with van der Waals surface area (Å²) >= 11 is 3.39. The summed E-state index contributed by atoms with van der Waals surface area (Å²) < 4.78 is 0.714. The highest BCUT2D eigenvalue weighted by atomic mass is 79.9. The standard InChI is InChI=1S/C23H28BrN3O2/c1-17-8-6-14-27(16-17)15-7-13-25-22(28)19-10-3-5-12-21(19)26-23(29)18-9-2-4-11-20(18)24/h2-5,9-12,17H,6-8,13-16H2,1H3,(H,25,28)(H,26,29). The Morgan fingerprint density at radius 2 is 1.79 bits per heavy atom. The Labute approximate surface area is 181 Å². The van der Waals surface area contributed by atoms with Gasteiger partial charge in [0, 0.05) is 17.6 Å². The first kappa shape index (κ1) is 21.5. The Kier molecular flexibility index (Phi) is 7.83. The number of likely N-dealkylation sites (tertiary alicyclic amines) is 1. The number of para-hydroxylation sites is 1. The molecule has 2 amide bonds. The smallest absolute Gasteiger partial charge is 0.256 e. The topological polar surface area (TPSA) is 61.4 Å². The molecule has 29 heavy (non-hydrogen) atoms. The maximum absolute atomic E-state index is 12.7. The molecule has 1 heterocycles. The van der Waals surface area contributed by atoms with Crippen molar-refractivity contribution in [2.24, 2.45) is 5.92 Å². The van der Waals surface area contributed by atoms with Crippen LogP contribution in [0, 0.1) is 5.92 Å². The van der Waals surface area contributed by atoms with Crippen LogP contribution in [0.25, 0.3) is 0 Å². The second kappa shape index (κ2) is 10.6. The van der Waals surface area contributed by atoms with Gasteiger partial charge in [-0.25, -0.2) is 0 Å². The number of nitrogens with one attached hydrogen (secondary N) is 2. The van der Waals surface area contributed by atoms with Gasteiger partial charge in [0.1, 0.15) is 0 Å². The van der Waals surface area contributed by atoms with Crippen molar-refractivity contribution >= 4 is 33.4 Å². The molecule has 1 unspecified atom stereocenters. The number of carbonyl (C=O) groups excluding carboxylic acids is 2. The number of halogens is 1. The number of hydrogen-bond donors (Lipinski definition) is 2. The summed E-state index contributed by atoms with van der Waals surface area (Å²) in [5.41, 5.74) is 1.51. The molecule has 5 nitrogen and oxygen atoms in total. The third-order valence-electron chi connectivity index (χ3n) is 5.22. The van der Waals surface area contributed by atoms with Crippen LogP contribution in [0.1, 0.15) is 46.9 Å². The Morgan fingerprint density at radius 3 is 2.55 bits per heavy atom. The molecule has 1 aliphatic rings. The van der Waals surface area contributed by atoms with Crippen LogP contribution in [0.5, 0.6) is 0 Å². The highest BCUT2D eigenvalue weighted by Gasteiger charge is 2.17. The molecule has 1 aliphatic heterocycles. The van der Waals surface area contributed by atoms with Gasteiger partial charge in [0.15, 0.2) is 0 Å². The van der Waals surface area contributed by atoms with Gasteiger partial charge >= 0.3 is 0 Å². The van der Waals surface area contributed by atoms with Gasteiger partial charge in [0.25, 0.3) is 11.8 Å². The lowest BCUT2D eigenvalue weighted by molar-refractivity contribution is 0.0951. The second-order valence-corrected chi connectivity index (χ2v) is 8.49. The van der Waals surface area contributed by atoms with E-state index in [-0.39, 0.29) is 11.8 Å². The van der Waals surface area contributed by atoms with Gasteiger partial charge in [-0.05, 0) is 78.5 Å². The van der Waals surface area contributed by atoms with E-state index in [1.54, 1.807) is 30.3 Å². The molecule has 0 spiro atoms. The Hall–Kier alpha value is -2.18. The van der Waals surface area contributed by atoms with Crippen LogP contribution in [0.2, 0.25) is 0 Å². The molecule has 1 atom stereocenters. The number of nitrogens with zero attached hydrogens (tertiary/aromatic N) is 1. The number of benzene rings is 2. The molecule has 1 fully saturated rings. The van der Waals surface area contributed by atoms with Crippen molar-refractivity contribution in [1.82, 2.24) is 10.2 Å². The van der Waals surface area contributed by atoms with E-state index in [9.17, 15) is 9.59 Å². The number of anilines is 1. The maximum Gasteiger partial charge on any atom is 0.256 e. The molecule has 0 saturated carbocycles. The lowest BCUT2D eigenvalue weighted by Gasteiger charge is -2.30. The fourth-order valence-corrected chi connectivity index (χ4v) is 4.18. The Bertz CT molecular complexity index is 856. The predicted octanol–water partition coefficient (Wildman–Crippen LogP) is 4.55. The van der Waals surface area contributed by atoms with Crippen LogP contribution in [0.15, 0.2) is 53.0 Å². The molecule has 3 rings (SSSR count). The highest BCUT2D eigenvalue weighted by molar-refractivity contribution is 9.10. The van der Waals surface area contributed by atoms with E-state index in [1.165, 1.54) is 12.8 Å². The SMILES string of the molecule is CC1CCCN(CCCNC(=O)c2ccccc2NC(=O)c2ccccc2Br)C1. The molecule has 0 aliphatic carbocycles. The van der Waals surface area contributed by atoms with Crippen molar-refractivity contribution in [2.75, 3.05) is 31.5 Å². The van der Waals surface area contributed by atoms with E-state index in [2.05, 4.69) is 38.4 Å². The van der Waals surface area contributed by atoms with Crippen LogP contribution in [0.4, 0.5) is 5.69 Å². The lowest BCUT2D eigenvalue weighted by atomic mass is 10.0. The van der Waals surface area contributed by atoms with Crippen LogP contribution in [-0.2, 0) is 0 Å². The number of rotatable bonds is 7. The van der Waals surface area contributed by atoms with E-state index in [0.717, 1.165) is 32.0 Å². The average molecular weight is 458 g/mol. The summed E-state index contributed by atoms with van der Waals surface area (Å²) in [7, 11) is 0. The van der Waals surface area contributed by atoms with Gasteiger partial charge in [-0.15, -0.1) is 0 Å². The first-order valence-electron chi connectivity index (χ1n) is 10.2. The summed E-state index contributed by atoms with van der Waals surface area (Å²) in [4.78, 5) is 27.7. The minimum atomic E-state index is -0.253. The first-order chi connectivity index (χ1) is 14.0. The second-order valence-electron chi connectivity index (χ2n) is 7.64. The monoisotopic (exact) mass is 457 g/mol. The molecule has 6 heteroatoms. The molecule has 2 aromatic carbocycles. The van der Waals surface area contributed by atoms with E-state index in [1.807, 2.05) is 18.2 Å². The van der Waals surface area contributed by atoms with Gasteiger partial charge in [0.2, 0.25) is 0 Å². The van der Waals surface area contributed by atoms with Gasteiger partial charge in [0.05, 0.1) is 16.8 Å². The lowest BCUT2D eigenvalue weighted by Crippen LogP contribution is -2.36. The third-order valence-corrected chi connectivity index (χ3v) is 5.91. The van der Waals surface area contributed by atoms with Gasteiger partial charge in [-0.1, -0.05) is 31.2 Å². The van der Waals surface area contributed by atoms with E-state index < -0.39 is 0 Å². The number of carbonyl (C=O) groups is 2.